The first-order valence-corrected chi connectivity index (χ1v) is 9.29. The molecule has 1 aliphatic heterocycles. The summed E-state index contributed by atoms with van der Waals surface area (Å²) < 4.78 is 0. The highest BCUT2D eigenvalue weighted by Crippen LogP contribution is 2.32. The van der Waals surface area contributed by atoms with Crippen LogP contribution in [0.15, 0.2) is 61.2 Å². The topological polar surface area (TPSA) is 41.9 Å². The zero-order valence-electron chi connectivity index (χ0n) is 15.2. The molecular weight excluding hydrogens is 320 g/mol. The van der Waals surface area contributed by atoms with Gasteiger partial charge in [-0.15, -0.1) is 0 Å². The zero-order valence-corrected chi connectivity index (χ0v) is 15.2. The summed E-state index contributed by atoms with van der Waals surface area (Å²) in [5, 5.41) is 0. The minimum absolute atomic E-state index is 0.421. The Bertz CT molecular complexity index is 863. The molecule has 0 saturated carbocycles. The van der Waals surface area contributed by atoms with Crippen LogP contribution in [0.2, 0.25) is 0 Å². The molecule has 1 saturated heterocycles. The molecule has 0 N–H and O–H groups in total. The van der Waals surface area contributed by atoms with E-state index >= 15 is 0 Å². The summed E-state index contributed by atoms with van der Waals surface area (Å²) in [6.45, 7) is 5.22. The van der Waals surface area contributed by atoms with E-state index in [1.54, 1.807) is 6.20 Å². The standard InChI is InChI=1S/C22H24N4/c1-17-5-2-7-19(13-17)21-22(25-11-10-24-21)20-8-4-12-26(16-20)15-18-6-3-9-23-14-18/h2-3,5-7,9-11,13-14,20H,4,8,12,15-16H2,1H3/t20-/m0/s1. The molecule has 0 amide bonds. The molecule has 0 radical (unpaired) electrons. The highest BCUT2D eigenvalue weighted by Gasteiger charge is 2.25. The van der Waals surface area contributed by atoms with Crippen LogP contribution in [-0.4, -0.2) is 32.9 Å². The molecule has 1 fully saturated rings. The lowest BCUT2D eigenvalue weighted by Gasteiger charge is -2.33. The minimum atomic E-state index is 0.421. The van der Waals surface area contributed by atoms with Gasteiger partial charge in [-0.3, -0.25) is 19.9 Å². The van der Waals surface area contributed by atoms with E-state index in [-0.39, 0.29) is 0 Å². The van der Waals surface area contributed by atoms with Crippen LogP contribution < -0.4 is 0 Å². The van der Waals surface area contributed by atoms with E-state index in [4.69, 9.17) is 4.98 Å². The van der Waals surface area contributed by atoms with Gasteiger partial charge in [0.25, 0.3) is 0 Å². The molecule has 3 aromatic rings. The molecule has 2 aromatic heterocycles. The fourth-order valence-corrected chi connectivity index (χ4v) is 3.83. The van der Waals surface area contributed by atoms with Gasteiger partial charge in [0, 0.05) is 49.4 Å². The molecule has 4 rings (SSSR count). The van der Waals surface area contributed by atoms with Crippen molar-refractivity contribution in [2.75, 3.05) is 13.1 Å². The largest absolute Gasteiger partial charge is 0.298 e. The predicted molar refractivity (Wildman–Crippen MR) is 104 cm³/mol. The summed E-state index contributed by atoms with van der Waals surface area (Å²) in [7, 11) is 0. The SMILES string of the molecule is Cc1cccc(-c2nccnc2[C@H]2CCCN(Cc3cccnc3)C2)c1. The summed E-state index contributed by atoms with van der Waals surface area (Å²) >= 11 is 0. The first-order valence-electron chi connectivity index (χ1n) is 9.29. The van der Waals surface area contributed by atoms with E-state index < -0.39 is 0 Å². The van der Waals surface area contributed by atoms with Crippen molar-refractivity contribution in [1.82, 2.24) is 19.9 Å². The van der Waals surface area contributed by atoms with E-state index in [1.807, 2.05) is 24.7 Å². The highest BCUT2D eigenvalue weighted by molar-refractivity contribution is 5.63. The molecular formula is C22H24N4. The van der Waals surface area contributed by atoms with Crippen LogP contribution in [0.5, 0.6) is 0 Å². The summed E-state index contributed by atoms with van der Waals surface area (Å²) in [5.74, 6) is 0.421. The molecule has 1 aromatic carbocycles. The molecule has 0 unspecified atom stereocenters. The van der Waals surface area contributed by atoms with Gasteiger partial charge in [0.05, 0.1) is 11.4 Å². The number of likely N-dealkylation sites (tertiary alicyclic amines) is 1. The third kappa shape index (κ3) is 3.81. The van der Waals surface area contributed by atoms with Gasteiger partial charge in [-0.1, -0.05) is 29.8 Å². The second-order valence-corrected chi connectivity index (χ2v) is 7.10. The number of nitrogens with zero attached hydrogens (tertiary/aromatic N) is 4. The maximum Gasteiger partial charge on any atom is 0.0920 e. The number of pyridine rings is 1. The number of aryl methyl sites for hydroxylation is 1. The molecule has 0 bridgehead atoms. The van der Waals surface area contributed by atoms with Crippen molar-refractivity contribution in [3.05, 3.63) is 78.0 Å². The van der Waals surface area contributed by atoms with Gasteiger partial charge >= 0.3 is 0 Å². The Hall–Kier alpha value is -2.59. The Morgan fingerprint density at radius 2 is 2.00 bits per heavy atom. The average molecular weight is 344 g/mol. The van der Waals surface area contributed by atoms with Crippen LogP contribution in [0.3, 0.4) is 0 Å². The summed E-state index contributed by atoms with van der Waals surface area (Å²) in [6.07, 6.45) is 9.78. The molecule has 4 heteroatoms. The Balaban J connectivity index is 1.57. The van der Waals surface area contributed by atoms with Gasteiger partial charge in [0.2, 0.25) is 0 Å². The van der Waals surface area contributed by atoms with Crippen molar-refractivity contribution in [3.8, 4) is 11.3 Å². The summed E-state index contributed by atoms with van der Waals surface area (Å²) in [4.78, 5) is 16.2. The maximum atomic E-state index is 4.75. The Morgan fingerprint density at radius 1 is 1.08 bits per heavy atom. The second kappa shape index (κ2) is 7.75. The van der Waals surface area contributed by atoms with Gasteiger partial charge in [-0.2, -0.15) is 0 Å². The Morgan fingerprint density at radius 3 is 2.85 bits per heavy atom. The first-order chi connectivity index (χ1) is 12.8. The molecule has 1 atom stereocenters. The van der Waals surface area contributed by atoms with E-state index in [2.05, 4.69) is 52.1 Å². The summed E-state index contributed by atoms with van der Waals surface area (Å²) in [6, 6.07) is 12.7. The third-order valence-corrected chi connectivity index (χ3v) is 5.04. The fourth-order valence-electron chi connectivity index (χ4n) is 3.83. The van der Waals surface area contributed by atoms with Gasteiger partial charge in [0.15, 0.2) is 0 Å². The zero-order chi connectivity index (χ0) is 17.8. The van der Waals surface area contributed by atoms with Crippen LogP contribution in [0.25, 0.3) is 11.3 Å². The Kier molecular flexibility index (Phi) is 5.02. The molecule has 3 heterocycles. The normalized spacial score (nSPS) is 18.0. The molecule has 1 aliphatic rings. The second-order valence-electron chi connectivity index (χ2n) is 7.10. The van der Waals surface area contributed by atoms with Crippen molar-refractivity contribution in [3.63, 3.8) is 0 Å². The van der Waals surface area contributed by atoms with Crippen LogP contribution in [-0.2, 0) is 6.54 Å². The van der Waals surface area contributed by atoms with E-state index in [0.717, 1.165) is 36.6 Å². The average Bonchev–Trinajstić information content (AvgIpc) is 2.69. The number of aromatic nitrogens is 3. The highest BCUT2D eigenvalue weighted by atomic mass is 15.1. The smallest absolute Gasteiger partial charge is 0.0920 e. The minimum Gasteiger partial charge on any atom is -0.298 e. The monoisotopic (exact) mass is 344 g/mol. The van der Waals surface area contributed by atoms with Gasteiger partial charge in [0.1, 0.15) is 0 Å². The maximum absolute atomic E-state index is 4.75. The number of piperidine rings is 1. The van der Waals surface area contributed by atoms with Crippen molar-refractivity contribution >= 4 is 0 Å². The van der Waals surface area contributed by atoms with Gasteiger partial charge in [-0.05, 0) is 44.0 Å². The third-order valence-electron chi connectivity index (χ3n) is 5.04. The predicted octanol–water partition coefficient (Wildman–Crippen LogP) is 4.23. The molecule has 0 spiro atoms. The number of hydrogen-bond acceptors (Lipinski definition) is 4. The number of rotatable bonds is 4. The number of benzene rings is 1. The van der Waals surface area contributed by atoms with Crippen LogP contribution in [0, 0.1) is 6.92 Å². The lowest BCUT2D eigenvalue weighted by Crippen LogP contribution is -2.34. The van der Waals surface area contributed by atoms with Crippen molar-refractivity contribution in [1.29, 1.82) is 0 Å². The van der Waals surface area contributed by atoms with Crippen LogP contribution in [0.1, 0.15) is 35.6 Å². The molecule has 26 heavy (non-hydrogen) atoms. The lowest BCUT2D eigenvalue weighted by molar-refractivity contribution is 0.198. The molecule has 132 valence electrons. The number of hydrogen-bond donors (Lipinski definition) is 0. The van der Waals surface area contributed by atoms with E-state index in [9.17, 15) is 0 Å². The Labute approximate surface area is 155 Å². The molecule has 0 aliphatic carbocycles. The van der Waals surface area contributed by atoms with Crippen molar-refractivity contribution in [2.24, 2.45) is 0 Å². The van der Waals surface area contributed by atoms with E-state index in [0.29, 0.717) is 5.92 Å². The quantitative estimate of drug-likeness (QED) is 0.710. The fraction of sp³-hybridized carbons (Fsp3) is 0.318. The van der Waals surface area contributed by atoms with Gasteiger partial charge < -0.3 is 0 Å². The van der Waals surface area contributed by atoms with Crippen molar-refractivity contribution in [2.45, 2.75) is 32.2 Å². The van der Waals surface area contributed by atoms with Crippen molar-refractivity contribution < 1.29 is 0 Å². The molecule has 4 nitrogen and oxygen atoms in total. The lowest BCUT2D eigenvalue weighted by atomic mass is 9.91. The summed E-state index contributed by atoms with van der Waals surface area (Å²) in [5.41, 5.74) is 5.85. The van der Waals surface area contributed by atoms with Crippen LogP contribution >= 0.6 is 0 Å². The van der Waals surface area contributed by atoms with Gasteiger partial charge in [-0.25, -0.2) is 0 Å². The van der Waals surface area contributed by atoms with Crippen LogP contribution in [0.4, 0.5) is 0 Å². The van der Waals surface area contributed by atoms with E-state index in [1.165, 1.54) is 24.0 Å². The first kappa shape index (κ1) is 16.9.